The van der Waals surface area contributed by atoms with Gasteiger partial charge in [-0.05, 0) is 30.6 Å². The molecule has 1 aliphatic rings. The van der Waals surface area contributed by atoms with Gasteiger partial charge in [0, 0.05) is 35.4 Å². The zero-order chi connectivity index (χ0) is 16.5. The average molecular weight is 338 g/mol. The first-order valence-electron chi connectivity index (χ1n) is 7.75. The van der Waals surface area contributed by atoms with Gasteiger partial charge in [-0.15, -0.1) is 11.3 Å². The number of thiophene rings is 1. The van der Waals surface area contributed by atoms with Gasteiger partial charge in [0.1, 0.15) is 18.0 Å². The van der Waals surface area contributed by atoms with E-state index in [2.05, 4.69) is 38.2 Å². The second-order valence-corrected chi connectivity index (χ2v) is 6.63. The summed E-state index contributed by atoms with van der Waals surface area (Å²) in [5, 5.41) is 13.2. The minimum atomic E-state index is -0.0422. The summed E-state index contributed by atoms with van der Waals surface area (Å²) in [7, 11) is 3.85. The van der Waals surface area contributed by atoms with Crippen molar-refractivity contribution in [3.8, 4) is 0 Å². The van der Waals surface area contributed by atoms with Gasteiger partial charge in [0.05, 0.1) is 11.9 Å². The van der Waals surface area contributed by atoms with Crippen molar-refractivity contribution >= 4 is 22.9 Å². The number of anilines is 1. The summed E-state index contributed by atoms with van der Waals surface area (Å²) in [6.07, 6.45) is 5.60. The molecule has 2 unspecified atom stereocenters. The van der Waals surface area contributed by atoms with Crippen molar-refractivity contribution in [2.45, 2.75) is 12.2 Å². The number of aromatic nitrogens is 3. The Kier molecular flexibility index (Phi) is 3.87. The quantitative estimate of drug-likeness (QED) is 0.770. The maximum atomic E-state index is 5.10. The SMILES string of the molecule is CNC1Nc2ncccc2C(c2cnn(C)c2)=NC1c1cccs1. The largest absolute Gasteiger partial charge is 0.352 e. The van der Waals surface area contributed by atoms with Gasteiger partial charge in [0.25, 0.3) is 0 Å². The number of hydrogen-bond acceptors (Lipinski definition) is 6. The van der Waals surface area contributed by atoms with Gasteiger partial charge in [-0.2, -0.15) is 5.10 Å². The number of aliphatic imine (C=N–C) groups is 1. The van der Waals surface area contributed by atoms with Crippen LogP contribution in [0.1, 0.15) is 22.0 Å². The van der Waals surface area contributed by atoms with E-state index in [1.807, 2.05) is 38.6 Å². The van der Waals surface area contributed by atoms with Crippen LogP contribution in [0.2, 0.25) is 0 Å². The lowest BCUT2D eigenvalue weighted by Gasteiger charge is -2.23. The molecule has 1 aliphatic heterocycles. The van der Waals surface area contributed by atoms with Crippen LogP contribution in [0.3, 0.4) is 0 Å². The van der Waals surface area contributed by atoms with Crippen molar-refractivity contribution in [2.24, 2.45) is 12.0 Å². The maximum Gasteiger partial charge on any atom is 0.136 e. The molecule has 4 heterocycles. The number of hydrogen-bond donors (Lipinski definition) is 2. The Hall–Kier alpha value is -2.51. The van der Waals surface area contributed by atoms with Crippen molar-refractivity contribution in [2.75, 3.05) is 12.4 Å². The molecule has 24 heavy (non-hydrogen) atoms. The molecule has 2 N–H and O–H groups in total. The van der Waals surface area contributed by atoms with E-state index < -0.39 is 0 Å². The van der Waals surface area contributed by atoms with Crippen molar-refractivity contribution in [1.29, 1.82) is 0 Å². The maximum absolute atomic E-state index is 5.10. The van der Waals surface area contributed by atoms with Gasteiger partial charge in [0.15, 0.2) is 0 Å². The first-order valence-corrected chi connectivity index (χ1v) is 8.63. The standard InChI is InChI=1S/C17H18N6S/c1-18-17-15(13-6-4-8-24-13)21-14(11-9-20-23(2)10-11)12-5-3-7-19-16(12)22-17/h3-10,15,17-18H,1-2H3,(H,19,22). The van der Waals surface area contributed by atoms with Gasteiger partial charge in [-0.25, -0.2) is 4.98 Å². The van der Waals surface area contributed by atoms with Gasteiger partial charge in [0.2, 0.25) is 0 Å². The Morgan fingerprint density at radius 2 is 2.21 bits per heavy atom. The number of rotatable bonds is 3. The predicted octanol–water partition coefficient (Wildman–Crippen LogP) is 2.43. The molecule has 0 aliphatic carbocycles. The number of pyridine rings is 1. The minimum absolute atomic E-state index is 0.0357. The van der Waals surface area contributed by atoms with Crippen molar-refractivity contribution in [1.82, 2.24) is 20.1 Å². The van der Waals surface area contributed by atoms with Gasteiger partial charge >= 0.3 is 0 Å². The van der Waals surface area contributed by atoms with Gasteiger partial charge < -0.3 is 5.32 Å². The third-order valence-electron chi connectivity index (χ3n) is 4.06. The second-order valence-electron chi connectivity index (χ2n) is 5.65. The molecule has 0 radical (unpaired) electrons. The molecule has 6 nitrogen and oxygen atoms in total. The van der Waals surface area contributed by atoms with Crippen LogP contribution >= 0.6 is 11.3 Å². The third-order valence-corrected chi connectivity index (χ3v) is 5.01. The van der Waals surface area contributed by atoms with Crippen LogP contribution in [0.5, 0.6) is 0 Å². The molecule has 3 aromatic heterocycles. The highest BCUT2D eigenvalue weighted by atomic mass is 32.1. The average Bonchev–Trinajstić information content (AvgIpc) is 3.24. The first-order chi connectivity index (χ1) is 11.8. The Bertz CT molecular complexity index is 867. The van der Waals surface area contributed by atoms with E-state index in [1.54, 1.807) is 22.2 Å². The smallest absolute Gasteiger partial charge is 0.136 e. The van der Waals surface area contributed by atoms with Gasteiger partial charge in [-0.1, -0.05) is 6.07 Å². The lowest BCUT2D eigenvalue weighted by molar-refractivity contribution is 0.529. The van der Waals surface area contributed by atoms with Crippen LogP contribution in [0.25, 0.3) is 0 Å². The molecule has 7 heteroatoms. The summed E-state index contributed by atoms with van der Waals surface area (Å²) in [4.78, 5) is 10.8. The lowest BCUT2D eigenvalue weighted by Crippen LogP contribution is -2.38. The normalized spacial score (nSPS) is 20.0. The van der Waals surface area contributed by atoms with E-state index in [0.29, 0.717) is 0 Å². The number of likely N-dealkylation sites (N-methyl/N-ethyl adjacent to an activating group) is 1. The lowest BCUT2D eigenvalue weighted by atomic mass is 10.1. The first kappa shape index (κ1) is 15.0. The number of nitrogens with zero attached hydrogens (tertiary/aromatic N) is 4. The van der Waals surface area contributed by atoms with Crippen LogP contribution in [0.15, 0.2) is 53.2 Å². The number of nitrogens with one attached hydrogen (secondary N) is 2. The van der Waals surface area contributed by atoms with Crippen LogP contribution in [0, 0.1) is 0 Å². The van der Waals surface area contributed by atoms with Crippen molar-refractivity contribution in [3.05, 3.63) is 64.2 Å². The monoisotopic (exact) mass is 338 g/mol. The summed E-state index contributed by atoms with van der Waals surface area (Å²) in [5.74, 6) is 0.832. The van der Waals surface area contributed by atoms with E-state index in [4.69, 9.17) is 4.99 Å². The zero-order valence-electron chi connectivity index (χ0n) is 13.5. The number of aryl methyl sites for hydroxylation is 1. The highest BCUT2D eigenvalue weighted by Gasteiger charge is 2.29. The van der Waals surface area contributed by atoms with Crippen LogP contribution < -0.4 is 10.6 Å². The fraction of sp³-hybridized carbons (Fsp3) is 0.235. The highest BCUT2D eigenvalue weighted by molar-refractivity contribution is 7.10. The van der Waals surface area contributed by atoms with Gasteiger partial charge in [-0.3, -0.25) is 15.0 Å². The Morgan fingerprint density at radius 3 is 2.92 bits per heavy atom. The van der Waals surface area contributed by atoms with Crippen LogP contribution in [0.4, 0.5) is 5.82 Å². The van der Waals surface area contributed by atoms with Crippen molar-refractivity contribution < 1.29 is 0 Å². The molecule has 4 rings (SSSR count). The topological polar surface area (TPSA) is 67.1 Å². The summed E-state index contributed by atoms with van der Waals surface area (Å²) in [5.41, 5.74) is 2.89. The van der Waals surface area contributed by atoms with Crippen LogP contribution in [-0.2, 0) is 7.05 Å². The van der Waals surface area contributed by atoms with E-state index in [9.17, 15) is 0 Å². The summed E-state index contributed by atoms with van der Waals surface area (Å²) >= 11 is 1.71. The van der Waals surface area contributed by atoms with E-state index in [0.717, 1.165) is 22.7 Å². The molecule has 0 aromatic carbocycles. The second kappa shape index (κ2) is 6.18. The molecule has 0 saturated carbocycles. The molecule has 0 bridgehead atoms. The fourth-order valence-corrected chi connectivity index (χ4v) is 3.71. The molecular weight excluding hydrogens is 320 g/mol. The number of fused-ring (bicyclic) bond motifs is 1. The molecule has 0 spiro atoms. The minimum Gasteiger partial charge on any atom is -0.352 e. The van der Waals surface area contributed by atoms with E-state index in [1.165, 1.54) is 4.88 Å². The Morgan fingerprint density at radius 1 is 1.29 bits per heavy atom. The van der Waals surface area contributed by atoms with Crippen molar-refractivity contribution in [3.63, 3.8) is 0 Å². The fourth-order valence-electron chi connectivity index (χ4n) is 2.91. The molecular formula is C17H18N6S. The molecule has 2 atom stereocenters. The molecule has 0 amide bonds. The van der Waals surface area contributed by atoms with E-state index >= 15 is 0 Å². The Balaban J connectivity index is 1.91. The molecule has 0 fully saturated rings. The molecule has 122 valence electrons. The molecule has 0 saturated heterocycles. The summed E-state index contributed by atoms with van der Waals surface area (Å²) in [6, 6.07) is 8.12. The third kappa shape index (κ3) is 2.61. The Labute approximate surface area is 144 Å². The zero-order valence-corrected chi connectivity index (χ0v) is 14.3. The summed E-state index contributed by atoms with van der Waals surface area (Å²) in [6.45, 7) is 0. The van der Waals surface area contributed by atoms with E-state index in [-0.39, 0.29) is 12.2 Å². The van der Waals surface area contributed by atoms with Crippen LogP contribution in [-0.4, -0.2) is 33.7 Å². The predicted molar refractivity (Wildman–Crippen MR) is 96.6 cm³/mol. The summed E-state index contributed by atoms with van der Waals surface area (Å²) < 4.78 is 1.79. The molecule has 3 aromatic rings. The highest BCUT2D eigenvalue weighted by Crippen LogP contribution is 2.32.